The summed E-state index contributed by atoms with van der Waals surface area (Å²) in [6.07, 6.45) is 0. The molecular formula is C50H30N2O. The molecule has 0 N–H and O–H groups in total. The Hall–Kier alpha value is -7.10. The average Bonchev–Trinajstić information content (AvgIpc) is 3.87. The van der Waals surface area contributed by atoms with Crippen LogP contribution in [0.3, 0.4) is 0 Å². The summed E-state index contributed by atoms with van der Waals surface area (Å²) in [4.78, 5) is 2.42. The Morgan fingerprint density at radius 3 is 1.94 bits per heavy atom. The zero-order chi connectivity index (χ0) is 34.6. The molecule has 0 spiro atoms. The van der Waals surface area contributed by atoms with Crippen molar-refractivity contribution in [1.82, 2.24) is 4.57 Å². The monoisotopic (exact) mass is 674 g/mol. The minimum absolute atomic E-state index is 0.888. The maximum absolute atomic E-state index is 6.30. The van der Waals surface area contributed by atoms with E-state index < -0.39 is 0 Å². The first kappa shape index (κ1) is 28.6. The lowest BCUT2D eigenvalue weighted by Gasteiger charge is -2.26. The minimum Gasteiger partial charge on any atom is -0.456 e. The zero-order valence-electron chi connectivity index (χ0n) is 28.6. The highest BCUT2D eigenvalue weighted by atomic mass is 16.3. The Labute approximate surface area is 305 Å². The highest BCUT2D eigenvalue weighted by Gasteiger charge is 2.26. The van der Waals surface area contributed by atoms with Crippen molar-refractivity contribution < 1.29 is 4.42 Å². The molecule has 3 nitrogen and oxygen atoms in total. The summed E-state index contributed by atoms with van der Waals surface area (Å²) in [6, 6.07) is 66.1. The number of anilines is 3. The third-order valence-corrected chi connectivity index (χ3v) is 11.3. The van der Waals surface area contributed by atoms with E-state index in [1.165, 1.54) is 65.6 Å². The maximum Gasteiger partial charge on any atom is 0.135 e. The molecule has 0 saturated carbocycles. The normalized spacial score (nSPS) is 12.2. The van der Waals surface area contributed by atoms with Gasteiger partial charge >= 0.3 is 0 Å². The molecular weight excluding hydrogens is 645 g/mol. The lowest BCUT2D eigenvalue weighted by Crippen LogP contribution is -2.10. The number of rotatable bonds is 4. The number of benzene rings is 9. The quantitative estimate of drug-likeness (QED) is 0.173. The fourth-order valence-electron chi connectivity index (χ4n) is 9.00. The van der Waals surface area contributed by atoms with Crippen LogP contribution in [0, 0.1) is 0 Å². The van der Waals surface area contributed by atoms with Crippen molar-refractivity contribution in [1.29, 1.82) is 0 Å². The van der Waals surface area contributed by atoms with Crippen LogP contribution in [-0.2, 0) is 0 Å². The molecule has 11 aromatic rings. The summed E-state index contributed by atoms with van der Waals surface area (Å²) in [5.41, 5.74) is 13.8. The summed E-state index contributed by atoms with van der Waals surface area (Å²) in [5.74, 6) is 0. The number of furan rings is 1. The zero-order valence-corrected chi connectivity index (χ0v) is 28.6. The minimum atomic E-state index is 0.888. The van der Waals surface area contributed by atoms with E-state index in [9.17, 15) is 0 Å². The van der Waals surface area contributed by atoms with Crippen molar-refractivity contribution >= 4 is 82.4 Å². The summed E-state index contributed by atoms with van der Waals surface area (Å²) in [7, 11) is 0. The number of nitrogens with zero attached hydrogens (tertiary/aromatic N) is 2. The summed E-state index contributed by atoms with van der Waals surface area (Å²) < 4.78 is 8.67. The number of hydrogen-bond acceptors (Lipinski definition) is 2. The van der Waals surface area contributed by atoms with Crippen molar-refractivity contribution in [3.05, 3.63) is 182 Å². The molecule has 2 aromatic heterocycles. The number of aromatic nitrogens is 1. The first-order valence-corrected chi connectivity index (χ1v) is 18.2. The van der Waals surface area contributed by atoms with E-state index in [0.717, 1.165) is 44.7 Å². The fraction of sp³-hybridized carbons (Fsp3) is 0. The lowest BCUT2D eigenvalue weighted by molar-refractivity contribution is 0.669. The third kappa shape index (κ3) is 4.05. The lowest BCUT2D eigenvalue weighted by atomic mass is 9.95. The van der Waals surface area contributed by atoms with Gasteiger partial charge in [-0.1, -0.05) is 103 Å². The Balaban J connectivity index is 1.13. The summed E-state index contributed by atoms with van der Waals surface area (Å²) in [6.45, 7) is 0. The van der Waals surface area contributed by atoms with Crippen molar-refractivity contribution in [3.8, 4) is 27.9 Å². The number of hydrogen-bond donors (Lipinski definition) is 0. The highest BCUT2D eigenvalue weighted by Crippen LogP contribution is 2.52. The summed E-state index contributed by atoms with van der Waals surface area (Å²) >= 11 is 0. The molecule has 0 unspecified atom stereocenters. The number of para-hydroxylation sites is 3. The topological polar surface area (TPSA) is 21.3 Å². The average molecular weight is 675 g/mol. The van der Waals surface area contributed by atoms with E-state index in [0.29, 0.717) is 0 Å². The van der Waals surface area contributed by atoms with Crippen LogP contribution in [0.15, 0.2) is 186 Å². The van der Waals surface area contributed by atoms with Crippen molar-refractivity contribution in [2.75, 3.05) is 4.90 Å². The molecule has 0 fully saturated rings. The molecule has 0 atom stereocenters. The molecule has 1 aliphatic carbocycles. The largest absolute Gasteiger partial charge is 0.456 e. The predicted octanol–water partition coefficient (Wildman–Crippen LogP) is 14.1. The van der Waals surface area contributed by atoms with Crippen LogP contribution >= 0.6 is 0 Å². The molecule has 0 radical (unpaired) electrons. The van der Waals surface area contributed by atoms with E-state index in [2.05, 4.69) is 179 Å². The standard InChI is InChI=1S/C50H30N2O/c1-2-13-33(14-3-1)52-45-19-8-6-16-39(45)42-28-35(22-25-46(42)52)51(36-23-26-48-43(29-36)40-17-7-9-20-47(40)53-48)34-21-24-38-41-18-10-12-32-27-31-11-4-5-15-37(31)50(49(32)41)44(38)30-34/h1-30H. The smallest absolute Gasteiger partial charge is 0.135 e. The first-order chi connectivity index (χ1) is 26.3. The summed E-state index contributed by atoms with van der Waals surface area (Å²) in [5, 5.41) is 9.84. The molecule has 0 amide bonds. The van der Waals surface area contributed by atoms with E-state index in [-0.39, 0.29) is 0 Å². The molecule has 0 bridgehead atoms. The molecule has 0 saturated heterocycles. The fourth-order valence-corrected chi connectivity index (χ4v) is 9.00. The van der Waals surface area contributed by atoms with Gasteiger partial charge in [-0.2, -0.15) is 0 Å². The van der Waals surface area contributed by atoms with Crippen LogP contribution in [-0.4, -0.2) is 4.57 Å². The van der Waals surface area contributed by atoms with Crippen LogP contribution in [0.2, 0.25) is 0 Å². The van der Waals surface area contributed by atoms with Crippen LogP contribution in [0.5, 0.6) is 0 Å². The van der Waals surface area contributed by atoms with Crippen LogP contribution < -0.4 is 4.90 Å². The third-order valence-electron chi connectivity index (χ3n) is 11.3. The molecule has 53 heavy (non-hydrogen) atoms. The first-order valence-electron chi connectivity index (χ1n) is 18.2. The van der Waals surface area contributed by atoms with Crippen molar-refractivity contribution in [2.45, 2.75) is 0 Å². The van der Waals surface area contributed by atoms with Gasteiger partial charge in [0.15, 0.2) is 0 Å². The second-order valence-corrected chi connectivity index (χ2v) is 14.1. The van der Waals surface area contributed by atoms with Crippen molar-refractivity contribution in [3.63, 3.8) is 0 Å². The Morgan fingerprint density at radius 1 is 0.377 bits per heavy atom. The van der Waals surface area contributed by atoms with Crippen LogP contribution in [0.25, 0.3) is 93.2 Å². The number of fused-ring (bicyclic) bond motifs is 11. The van der Waals surface area contributed by atoms with Gasteiger partial charge in [0.25, 0.3) is 0 Å². The van der Waals surface area contributed by atoms with E-state index in [1.54, 1.807) is 0 Å². The van der Waals surface area contributed by atoms with Gasteiger partial charge in [0, 0.05) is 44.3 Å². The predicted molar refractivity (Wildman–Crippen MR) is 222 cm³/mol. The highest BCUT2D eigenvalue weighted by molar-refractivity contribution is 6.24. The second-order valence-electron chi connectivity index (χ2n) is 14.1. The second kappa shape index (κ2) is 10.7. The molecule has 246 valence electrons. The molecule has 1 aliphatic rings. The Bertz CT molecular complexity index is 3290. The maximum atomic E-state index is 6.30. The Kier molecular flexibility index (Phi) is 5.77. The van der Waals surface area contributed by atoms with Gasteiger partial charge in [0.1, 0.15) is 11.2 Å². The van der Waals surface area contributed by atoms with Gasteiger partial charge in [-0.25, -0.2) is 0 Å². The molecule has 2 heterocycles. The van der Waals surface area contributed by atoms with Gasteiger partial charge in [-0.05, 0) is 123 Å². The van der Waals surface area contributed by atoms with Gasteiger partial charge in [-0.15, -0.1) is 0 Å². The molecule has 3 heteroatoms. The molecule has 12 rings (SSSR count). The van der Waals surface area contributed by atoms with E-state index >= 15 is 0 Å². The van der Waals surface area contributed by atoms with E-state index in [4.69, 9.17) is 4.42 Å². The van der Waals surface area contributed by atoms with Gasteiger partial charge < -0.3 is 13.9 Å². The molecule has 9 aromatic carbocycles. The SMILES string of the molecule is c1ccc(-n2c3ccccc3c3cc(N(c4ccc5c(c4)-c4c6ccccc6cc6cccc-5c46)c4ccc5oc6ccccc6c5c4)ccc32)cc1. The van der Waals surface area contributed by atoms with E-state index in [1.807, 2.05) is 12.1 Å². The van der Waals surface area contributed by atoms with Crippen LogP contribution in [0.4, 0.5) is 17.1 Å². The van der Waals surface area contributed by atoms with Crippen molar-refractivity contribution in [2.24, 2.45) is 0 Å². The Morgan fingerprint density at radius 2 is 1.04 bits per heavy atom. The van der Waals surface area contributed by atoms with Gasteiger partial charge in [0.2, 0.25) is 0 Å². The van der Waals surface area contributed by atoms with Gasteiger partial charge in [-0.3, -0.25) is 0 Å². The van der Waals surface area contributed by atoms with Crippen LogP contribution in [0.1, 0.15) is 0 Å². The molecule has 0 aliphatic heterocycles. The van der Waals surface area contributed by atoms with Gasteiger partial charge in [0.05, 0.1) is 11.0 Å².